The van der Waals surface area contributed by atoms with E-state index in [0.717, 1.165) is 0 Å². The van der Waals surface area contributed by atoms with Crippen LogP contribution in [-0.2, 0) is 9.53 Å². The van der Waals surface area contributed by atoms with Crippen molar-refractivity contribution in [3.63, 3.8) is 0 Å². The van der Waals surface area contributed by atoms with Crippen LogP contribution < -0.4 is 5.32 Å². The van der Waals surface area contributed by atoms with Crippen LogP contribution in [-0.4, -0.2) is 30.6 Å². The minimum absolute atomic E-state index is 0.173. The van der Waals surface area contributed by atoms with Gasteiger partial charge in [0.1, 0.15) is 5.60 Å². The molecule has 5 heteroatoms. The summed E-state index contributed by atoms with van der Waals surface area (Å²) in [6.45, 7) is 4.98. The van der Waals surface area contributed by atoms with Crippen LogP contribution in [0.25, 0.3) is 0 Å². The van der Waals surface area contributed by atoms with Gasteiger partial charge < -0.3 is 10.1 Å². The number of rotatable bonds is 2. The Bertz CT molecular complexity index is 248. The van der Waals surface area contributed by atoms with Crippen molar-refractivity contribution in [3.05, 3.63) is 0 Å². The SMILES string of the molecule is CC(C)(C)OC(=O)CC1CNCC1(F)F. The molecule has 0 aliphatic carbocycles. The molecule has 0 saturated carbocycles. The molecule has 1 aliphatic heterocycles. The summed E-state index contributed by atoms with van der Waals surface area (Å²) in [4.78, 5) is 11.3. The molecule has 88 valence electrons. The van der Waals surface area contributed by atoms with Gasteiger partial charge in [-0.05, 0) is 20.8 Å². The van der Waals surface area contributed by atoms with Crippen molar-refractivity contribution < 1.29 is 18.3 Å². The van der Waals surface area contributed by atoms with Crippen molar-refractivity contribution in [1.29, 1.82) is 0 Å². The van der Waals surface area contributed by atoms with Crippen molar-refractivity contribution in [2.75, 3.05) is 13.1 Å². The van der Waals surface area contributed by atoms with E-state index in [2.05, 4.69) is 5.32 Å². The first-order valence-corrected chi connectivity index (χ1v) is 5.01. The second kappa shape index (κ2) is 4.04. The topological polar surface area (TPSA) is 38.3 Å². The van der Waals surface area contributed by atoms with Crippen LogP contribution >= 0.6 is 0 Å². The number of ether oxygens (including phenoxy) is 1. The third-order valence-electron chi connectivity index (χ3n) is 2.18. The zero-order chi connectivity index (χ0) is 11.7. The Balaban J connectivity index is 2.45. The van der Waals surface area contributed by atoms with E-state index in [4.69, 9.17) is 4.74 Å². The fourth-order valence-electron chi connectivity index (χ4n) is 1.51. The molecule has 1 fully saturated rings. The molecule has 1 N–H and O–H groups in total. The lowest BCUT2D eigenvalue weighted by molar-refractivity contribution is -0.158. The van der Waals surface area contributed by atoms with E-state index >= 15 is 0 Å². The van der Waals surface area contributed by atoms with E-state index < -0.39 is 23.4 Å². The normalized spacial score (nSPS) is 25.3. The van der Waals surface area contributed by atoms with Gasteiger partial charge >= 0.3 is 5.97 Å². The van der Waals surface area contributed by atoms with Crippen molar-refractivity contribution >= 4 is 5.97 Å². The maximum absolute atomic E-state index is 13.1. The molecule has 1 atom stereocenters. The van der Waals surface area contributed by atoms with E-state index in [1.54, 1.807) is 20.8 Å². The fourth-order valence-corrected chi connectivity index (χ4v) is 1.51. The number of esters is 1. The molecule has 0 bridgehead atoms. The number of carbonyl (C=O) groups excluding carboxylic acids is 1. The van der Waals surface area contributed by atoms with Gasteiger partial charge in [0.15, 0.2) is 0 Å². The highest BCUT2D eigenvalue weighted by molar-refractivity contribution is 5.70. The summed E-state index contributed by atoms with van der Waals surface area (Å²) >= 11 is 0. The molecule has 1 rings (SSSR count). The predicted octanol–water partition coefficient (Wildman–Crippen LogP) is 1.57. The lowest BCUT2D eigenvalue weighted by Gasteiger charge is -2.22. The highest BCUT2D eigenvalue weighted by atomic mass is 19.3. The number of nitrogens with one attached hydrogen (secondary N) is 1. The third kappa shape index (κ3) is 3.74. The molecule has 1 aliphatic rings. The minimum atomic E-state index is -2.79. The Morgan fingerprint density at radius 2 is 2.13 bits per heavy atom. The number of hydrogen-bond acceptors (Lipinski definition) is 3. The summed E-state index contributed by atoms with van der Waals surface area (Å²) in [6.07, 6.45) is -0.225. The van der Waals surface area contributed by atoms with E-state index in [9.17, 15) is 13.6 Å². The maximum atomic E-state index is 13.1. The molecule has 0 aromatic heterocycles. The number of halogens is 2. The summed E-state index contributed by atoms with van der Waals surface area (Å²) in [7, 11) is 0. The summed E-state index contributed by atoms with van der Waals surface area (Å²) in [5.74, 6) is -4.29. The van der Waals surface area contributed by atoms with Crippen molar-refractivity contribution in [3.8, 4) is 0 Å². The van der Waals surface area contributed by atoms with Gasteiger partial charge in [-0.25, -0.2) is 8.78 Å². The monoisotopic (exact) mass is 221 g/mol. The van der Waals surface area contributed by atoms with Gasteiger partial charge in [0, 0.05) is 12.5 Å². The molecular weight excluding hydrogens is 204 g/mol. The van der Waals surface area contributed by atoms with E-state index in [0.29, 0.717) is 0 Å². The second-order valence-corrected chi connectivity index (χ2v) is 4.88. The van der Waals surface area contributed by atoms with Crippen LogP contribution in [0.5, 0.6) is 0 Å². The quantitative estimate of drug-likeness (QED) is 0.719. The van der Waals surface area contributed by atoms with Crippen LogP contribution in [0.1, 0.15) is 27.2 Å². The van der Waals surface area contributed by atoms with Crippen LogP contribution in [0.4, 0.5) is 8.78 Å². The lowest BCUT2D eigenvalue weighted by atomic mass is 10.0. The molecule has 3 nitrogen and oxygen atoms in total. The molecule has 0 aromatic rings. The highest BCUT2D eigenvalue weighted by Gasteiger charge is 2.45. The standard InChI is InChI=1S/C10H17F2NO2/c1-9(2,3)15-8(14)4-7-5-13-6-10(7,11)12/h7,13H,4-6H2,1-3H3. The molecule has 1 unspecified atom stereocenters. The smallest absolute Gasteiger partial charge is 0.306 e. The van der Waals surface area contributed by atoms with Gasteiger partial charge in [-0.1, -0.05) is 0 Å². The molecule has 1 saturated heterocycles. The average Bonchev–Trinajstić information content (AvgIpc) is 2.26. The summed E-state index contributed by atoms with van der Waals surface area (Å²) in [5, 5.41) is 2.57. The van der Waals surface area contributed by atoms with E-state index in [1.807, 2.05) is 0 Å². The molecule has 0 amide bonds. The first kappa shape index (κ1) is 12.4. The van der Waals surface area contributed by atoms with E-state index in [1.165, 1.54) is 0 Å². The average molecular weight is 221 g/mol. The van der Waals surface area contributed by atoms with Gasteiger partial charge in [-0.15, -0.1) is 0 Å². The van der Waals surface area contributed by atoms with Crippen LogP contribution in [0, 0.1) is 5.92 Å². The number of alkyl halides is 2. The largest absolute Gasteiger partial charge is 0.460 e. The van der Waals surface area contributed by atoms with Crippen molar-refractivity contribution in [2.24, 2.45) is 5.92 Å². The predicted molar refractivity (Wildman–Crippen MR) is 51.8 cm³/mol. The highest BCUT2D eigenvalue weighted by Crippen LogP contribution is 2.31. The van der Waals surface area contributed by atoms with Gasteiger partial charge in [0.25, 0.3) is 5.92 Å². The first-order chi connectivity index (χ1) is 6.71. The number of hydrogen-bond donors (Lipinski definition) is 1. The van der Waals surface area contributed by atoms with Gasteiger partial charge in [-0.3, -0.25) is 4.79 Å². The second-order valence-electron chi connectivity index (χ2n) is 4.88. The molecule has 1 heterocycles. The minimum Gasteiger partial charge on any atom is -0.460 e. The fraction of sp³-hybridized carbons (Fsp3) is 0.900. The van der Waals surface area contributed by atoms with Crippen molar-refractivity contribution in [1.82, 2.24) is 5.32 Å². The van der Waals surface area contributed by atoms with Gasteiger partial charge in [0.2, 0.25) is 0 Å². The maximum Gasteiger partial charge on any atom is 0.306 e. The van der Waals surface area contributed by atoms with Crippen LogP contribution in [0.3, 0.4) is 0 Å². The van der Waals surface area contributed by atoms with Gasteiger partial charge in [0.05, 0.1) is 13.0 Å². The molecule has 0 aromatic carbocycles. The van der Waals surface area contributed by atoms with E-state index in [-0.39, 0.29) is 19.5 Å². The Kier molecular flexibility index (Phi) is 3.33. The zero-order valence-corrected chi connectivity index (χ0v) is 9.27. The zero-order valence-electron chi connectivity index (χ0n) is 9.27. The lowest BCUT2D eigenvalue weighted by Crippen LogP contribution is -2.31. The molecule has 15 heavy (non-hydrogen) atoms. The molecule has 0 radical (unpaired) electrons. The van der Waals surface area contributed by atoms with Crippen molar-refractivity contribution in [2.45, 2.75) is 38.7 Å². The Hall–Kier alpha value is -0.710. The Morgan fingerprint density at radius 1 is 1.53 bits per heavy atom. The first-order valence-electron chi connectivity index (χ1n) is 5.01. The summed E-state index contributed by atoms with van der Waals surface area (Å²) in [6, 6.07) is 0. The van der Waals surface area contributed by atoms with Crippen LogP contribution in [0.15, 0.2) is 0 Å². The molecule has 0 spiro atoms. The molecular formula is C10H17F2NO2. The summed E-state index contributed by atoms with van der Waals surface area (Å²) < 4.78 is 31.3. The van der Waals surface area contributed by atoms with Gasteiger partial charge in [-0.2, -0.15) is 0 Å². The van der Waals surface area contributed by atoms with Crippen LogP contribution in [0.2, 0.25) is 0 Å². The summed E-state index contributed by atoms with van der Waals surface area (Å²) in [5.41, 5.74) is -0.613. The Labute approximate surface area is 88.2 Å². The Morgan fingerprint density at radius 3 is 2.53 bits per heavy atom. The third-order valence-corrected chi connectivity index (χ3v) is 2.18. The number of carbonyl (C=O) groups is 1.